The molecule has 4 nitrogen and oxygen atoms in total. The monoisotopic (exact) mass is 360 g/mol. The Morgan fingerprint density at radius 2 is 1.95 bits per heavy atom. The fraction of sp³-hybridized carbons (Fsp3) is 0.235. The summed E-state index contributed by atoms with van der Waals surface area (Å²) >= 11 is 3.53. The molecular weight excluding hydrogens is 348 g/mol. The van der Waals surface area contributed by atoms with Gasteiger partial charge in [-0.15, -0.1) is 0 Å². The summed E-state index contributed by atoms with van der Waals surface area (Å²) in [6.45, 7) is 0.829. The number of ether oxygens (including phenoxy) is 2. The molecule has 2 aliphatic heterocycles. The molecule has 3 heterocycles. The summed E-state index contributed by atoms with van der Waals surface area (Å²) < 4.78 is 16.4. The third-order valence-electron chi connectivity index (χ3n) is 3.99. The van der Waals surface area contributed by atoms with Crippen LogP contribution < -0.4 is 0 Å². The van der Waals surface area contributed by atoms with Crippen LogP contribution in [-0.4, -0.2) is 24.0 Å². The van der Waals surface area contributed by atoms with Gasteiger partial charge < -0.3 is 13.9 Å². The van der Waals surface area contributed by atoms with Crippen molar-refractivity contribution in [2.75, 3.05) is 13.2 Å². The number of hydrogen-bond acceptors (Lipinski definition) is 4. The SMILES string of the molecule is O=C1OCC(Br)C2=C1C(c1ccc(-c3ccco3)cc1)OC2. The second kappa shape index (κ2) is 5.41. The van der Waals surface area contributed by atoms with Crippen LogP contribution in [0.2, 0.25) is 0 Å². The van der Waals surface area contributed by atoms with E-state index < -0.39 is 0 Å². The number of rotatable bonds is 2. The number of carbonyl (C=O) groups excluding carboxylic acids is 1. The van der Waals surface area contributed by atoms with Gasteiger partial charge in [-0.1, -0.05) is 40.2 Å². The molecule has 22 heavy (non-hydrogen) atoms. The lowest BCUT2D eigenvalue weighted by Crippen LogP contribution is -2.26. The highest BCUT2D eigenvalue weighted by Crippen LogP contribution is 2.40. The van der Waals surface area contributed by atoms with Gasteiger partial charge in [-0.05, 0) is 23.3 Å². The molecule has 0 aliphatic carbocycles. The molecule has 0 bridgehead atoms. The van der Waals surface area contributed by atoms with Gasteiger partial charge in [-0.25, -0.2) is 4.79 Å². The van der Waals surface area contributed by atoms with Gasteiger partial charge in [0.05, 0.1) is 23.3 Å². The first kappa shape index (κ1) is 13.8. The van der Waals surface area contributed by atoms with Crippen molar-refractivity contribution in [1.82, 2.24) is 0 Å². The van der Waals surface area contributed by atoms with Crippen LogP contribution in [0.15, 0.2) is 58.2 Å². The average Bonchev–Trinajstić information content (AvgIpc) is 3.21. The highest BCUT2D eigenvalue weighted by Gasteiger charge is 2.39. The van der Waals surface area contributed by atoms with Crippen molar-refractivity contribution < 1.29 is 18.7 Å². The highest BCUT2D eigenvalue weighted by atomic mass is 79.9. The number of cyclic esters (lactones) is 1. The molecule has 0 spiro atoms. The lowest BCUT2D eigenvalue weighted by molar-refractivity contribution is -0.140. The van der Waals surface area contributed by atoms with E-state index in [0.29, 0.717) is 18.8 Å². The molecule has 2 aromatic rings. The molecule has 1 aromatic carbocycles. The van der Waals surface area contributed by atoms with E-state index in [9.17, 15) is 4.79 Å². The van der Waals surface area contributed by atoms with Gasteiger partial charge >= 0.3 is 5.97 Å². The summed E-state index contributed by atoms with van der Waals surface area (Å²) in [5.74, 6) is 0.541. The molecule has 2 aliphatic rings. The molecule has 0 saturated carbocycles. The fourth-order valence-electron chi connectivity index (χ4n) is 2.85. The number of alkyl halides is 1. The summed E-state index contributed by atoms with van der Waals surface area (Å²) in [5, 5.41) is 0. The second-order valence-electron chi connectivity index (χ2n) is 5.30. The summed E-state index contributed by atoms with van der Waals surface area (Å²) in [5.41, 5.74) is 3.57. The van der Waals surface area contributed by atoms with E-state index in [1.165, 1.54) is 0 Å². The van der Waals surface area contributed by atoms with Crippen molar-refractivity contribution in [3.8, 4) is 11.3 Å². The van der Waals surface area contributed by atoms with E-state index in [2.05, 4.69) is 15.9 Å². The van der Waals surface area contributed by atoms with Gasteiger partial charge in [0.1, 0.15) is 18.5 Å². The van der Waals surface area contributed by atoms with Crippen molar-refractivity contribution in [2.45, 2.75) is 10.9 Å². The Kier molecular flexibility index (Phi) is 3.39. The van der Waals surface area contributed by atoms with Crippen LogP contribution in [-0.2, 0) is 14.3 Å². The fourth-order valence-corrected chi connectivity index (χ4v) is 3.37. The zero-order valence-electron chi connectivity index (χ0n) is 11.6. The number of halogens is 1. The second-order valence-corrected chi connectivity index (χ2v) is 6.40. The van der Waals surface area contributed by atoms with Gasteiger partial charge in [0.25, 0.3) is 0 Å². The molecule has 4 rings (SSSR count). The lowest BCUT2D eigenvalue weighted by atomic mass is 9.96. The Bertz CT molecular complexity index is 731. The summed E-state index contributed by atoms with van der Waals surface area (Å²) in [4.78, 5) is 12.1. The van der Waals surface area contributed by atoms with E-state index in [-0.39, 0.29) is 16.9 Å². The molecular formula is C17H13BrO4. The maximum absolute atomic E-state index is 12.1. The van der Waals surface area contributed by atoms with Crippen LogP contribution in [0.5, 0.6) is 0 Å². The maximum Gasteiger partial charge on any atom is 0.337 e. The number of hydrogen-bond donors (Lipinski definition) is 0. The molecule has 0 saturated heterocycles. The Hall–Kier alpha value is -1.85. The van der Waals surface area contributed by atoms with Gasteiger partial charge in [-0.2, -0.15) is 0 Å². The van der Waals surface area contributed by atoms with Gasteiger partial charge in [0, 0.05) is 5.56 Å². The highest BCUT2D eigenvalue weighted by molar-refractivity contribution is 9.09. The van der Waals surface area contributed by atoms with Crippen LogP contribution in [0.1, 0.15) is 11.7 Å². The smallest absolute Gasteiger partial charge is 0.337 e. The van der Waals surface area contributed by atoms with Crippen LogP contribution in [0.3, 0.4) is 0 Å². The normalized spacial score (nSPS) is 24.3. The van der Waals surface area contributed by atoms with Gasteiger partial charge in [0.2, 0.25) is 0 Å². The molecule has 2 unspecified atom stereocenters. The zero-order chi connectivity index (χ0) is 15.1. The van der Waals surface area contributed by atoms with Crippen LogP contribution >= 0.6 is 15.9 Å². The van der Waals surface area contributed by atoms with E-state index in [0.717, 1.165) is 22.5 Å². The minimum Gasteiger partial charge on any atom is -0.464 e. The first-order valence-electron chi connectivity index (χ1n) is 7.03. The summed E-state index contributed by atoms with van der Waals surface area (Å²) in [6.07, 6.45) is 1.29. The zero-order valence-corrected chi connectivity index (χ0v) is 13.2. The molecule has 1 aromatic heterocycles. The molecule has 0 fully saturated rings. The van der Waals surface area contributed by atoms with Crippen molar-refractivity contribution in [3.63, 3.8) is 0 Å². The van der Waals surface area contributed by atoms with E-state index in [1.807, 2.05) is 36.4 Å². The molecule has 0 N–H and O–H groups in total. The first-order chi connectivity index (χ1) is 10.7. The third-order valence-corrected chi connectivity index (χ3v) is 4.81. The standard InChI is InChI=1S/C17H13BrO4/c18-13-9-22-17(19)15-12(13)8-21-16(15)11-5-3-10(4-6-11)14-2-1-7-20-14/h1-7,13,16H,8-9H2. The Labute approximate surface area is 135 Å². The van der Waals surface area contributed by atoms with Crippen molar-refractivity contribution in [3.05, 3.63) is 59.4 Å². The topological polar surface area (TPSA) is 48.7 Å². The average molecular weight is 361 g/mol. The molecule has 2 atom stereocenters. The number of benzene rings is 1. The van der Waals surface area contributed by atoms with Crippen molar-refractivity contribution in [2.24, 2.45) is 0 Å². The Morgan fingerprint density at radius 3 is 2.68 bits per heavy atom. The Morgan fingerprint density at radius 1 is 1.14 bits per heavy atom. The van der Waals surface area contributed by atoms with Crippen LogP contribution in [0.4, 0.5) is 0 Å². The minimum absolute atomic E-state index is 0.0487. The van der Waals surface area contributed by atoms with E-state index >= 15 is 0 Å². The van der Waals surface area contributed by atoms with Gasteiger partial charge in [0.15, 0.2) is 0 Å². The minimum atomic E-state index is -0.353. The third kappa shape index (κ3) is 2.21. The van der Waals surface area contributed by atoms with E-state index in [1.54, 1.807) is 6.26 Å². The quantitative estimate of drug-likeness (QED) is 0.606. The molecule has 112 valence electrons. The summed E-state index contributed by atoms with van der Waals surface area (Å²) in [7, 11) is 0. The molecule has 0 amide bonds. The number of esters is 1. The van der Waals surface area contributed by atoms with Crippen molar-refractivity contribution >= 4 is 21.9 Å². The number of furan rings is 1. The predicted molar refractivity (Wildman–Crippen MR) is 83.5 cm³/mol. The summed E-state index contributed by atoms with van der Waals surface area (Å²) in [6, 6.07) is 11.6. The maximum atomic E-state index is 12.1. The molecule has 0 radical (unpaired) electrons. The first-order valence-corrected chi connectivity index (χ1v) is 7.95. The predicted octanol–water partition coefficient (Wildman–Crippen LogP) is 3.63. The Balaban J connectivity index is 1.67. The largest absolute Gasteiger partial charge is 0.464 e. The lowest BCUT2D eigenvalue weighted by Gasteiger charge is -2.20. The number of carbonyl (C=O) groups is 1. The van der Waals surface area contributed by atoms with E-state index in [4.69, 9.17) is 13.9 Å². The molecule has 5 heteroatoms. The van der Waals surface area contributed by atoms with Crippen molar-refractivity contribution in [1.29, 1.82) is 0 Å². The van der Waals surface area contributed by atoms with Gasteiger partial charge in [-0.3, -0.25) is 0 Å². The van der Waals surface area contributed by atoms with Crippen LogP contribution in [0.25, 0.3) is 11.3 Å². The van der Waals surface area contributed by atoms with Crippen LogP contribution in [0, 0.1) is 0 Å².